The Morgan fingerprint density at radius 3 is 2.85 bits per heavy atom. The van der Waals surface area contributed by atoms with Crippen LogP contribution >= 0.6 is 11.6 Å². The molecule has 1 aromatic carbocycles. The van der Waals surface area contributed by atoms with Crippen LogP contribution in [0.4, 0.5) is 5.69 Å². The quantitative estimate of drug-likeness (QED) is 0.851. The summed E-state index contributed by atoms with van der Waals surface area (Å²) < 4.78 is 0. The maximum Gasteiger partial charge on any atom is 0.328 e. The number of aliphatic carboxylic acids is 1. The van der Waals surface area contributed by atoms with E-state index >= 15 is 0 Å². The predicted octanol–water partition coefficient (Wildman–Crippen LogP) is 4.06. The summed E-state index contributed by atoms with van der Waals surface area (Å²) in [5.41, 5.74) is 1.86. The van der Waals surface area contributed by atoms with Gasteiger partial charge in [0, 0.05) is 29.4 Å². The Morgan fingerprint density at radius 1 is 1.50 bits per heavy atom. The van der Waals surface area contributed by atoms with Crippen LogP contribution in [-0.4, -0.2) is 23.7 Å². The Morgan fingerprint density at radius 2 is 2.25 bits per heavy atom. The van der Waals surface area contributed by atoms with Crippen molar-refractivity contribution in [1.82, 2.24) is 0 Å². The molecule has 2 rings (SSSR count). The highest BCUT2D eigenvalue weighted by Crippen LogP contribution is 2.32. The summed E-state index contributed by atoms with van der Waals surface area (Å²) in [6.45, 7) is 5.55. The first-order chi connectivity index (χ1) is 9.49. The molecule has 1 aliphatic rings. The molecule has 0 radical (unpaired) electrons. The number of nitrogens with zero attached hydrogens (tertiary/aromatic N) is 1. The first-order valence-electron chi connectivity index (χ1n) is 6.96. The van der Waals surface area contributed by atoms with Gasteiger partial charge in [-0.3, -0.25) is 0 Å². The van der Waals surface area contributed by atoms with Crippen LogP contribution in [0.1, 0.15) is 32.3 Å². The van der Waals surface area contributed by atoms with E-state index in [1.807, 2.05) is 18.2 Å². The van der Waals surface area contributed by atoms with Crippen molar-refractivity contribution in [3.8, 4) is 0 Å². The molecule has 1 N–H and O–H groups in total. The average Bonchev–Trinajstić information content (AvgIpc) is 2.86. The number of halogens is 1. The van der Waals surface area contributed by atoms with Gasteiger partial charge in [-0.25, -0.2) is 4.79 Å². The SMILES string of the molecule is CC(C)C1CCCN1c1ccc(/C=C/C(=O)O)c(Cl)c1. The molecular weight excluding hydrogens is 274 g/mol. The lowest BCUT2D eigenvalue weighted by molar-refractivity contribution is -0.131. The summed E-state index contributed by atoms with van der Waals surface area (Å²) in [5, 5.41) is 9.24. The van der Waals surface area contributed by atoms with E-state index < -0.39 is 5.97 Å². The van der Waals surface area contributed by atoms with E-state index in [4.69, 9.17) is 16.7 Å². The molecule has 0 saturated carbocycles. The van der Waals surface area contributed by atoms with Crippen LogP contribution in [0.3, 0.4) is 0 Å². The van der Waals surface area contributed by atoms with E-state index in [1.165, 1.54) is 18.9 Å². The van der Waals surface area contributed by atoms with E-state index in [0.29, 0.717) is 17.0 Å². The maximum absolute atomic E-state index is 10.5. The highest BCUT2D eigenvalue weighted by molar-refractivity contribution is 6.32. The number of hydrogen-bond acceptors (Lipinski definition) is 2. The summed E-state index contributed by atoms with van der Waals surface area (Å²) in [6, 6.07) is 6.40. The van der Waals surface area contributed by atoms with Crippen LogP contribution < -0.4 is 4.90 Å². The van der Waals surface area contributed by atoms with Gasteiger partial charge in [-0.15, -0.1) is 0 Å². The fourth-order valence-electron chi connectivity index (χ4n) is 2.80. The normalized spacial score (nSPS) is 19.2. The Bertz CT molecular complexity index is 525. The standard InChI is InChI=1S/C16H20ClNO2/c1-11(2)15-4-3-9-18(15)13-7-5-12(14(17)10-13)6-8-16(19)20/h5-8,10-11,15H,3-4,9H2,1-2H3,(H,19,20)/b8-6+. The van der Waals surface area contributed by atoms with Crippen molar-refractivity contribution in [2.24, 2.45) is 5.92 Å². The van der Waals surface area contributed by atoms with Gasteiger partial charge >= 0.3 is 5.97 Å². The predicted molar refractivity (Wildman–Crippen MR) is 83.3 cm³/mol. The van der Waals surface area contributed by atoms with Crippen LogP contribution in [0.25, 0.3) is 6.08 Å². The lowest BCUT2D eigenvalue weighted by Gasteiger charge is -2.30. The number of anilines is 1. The van der Waals surface area contributed by atoms with Crippen molar-refractivity contribution in [3.05, 3.63) is 34.9 Å². The molecule has 1 saturated heterocycles. The second kappa shape index (κ2) is 6.31. The van der Waals surface area contributed by atoms with E-state index in [-0.39, 0.29) is 0 Å². The average molecular weight is 294 g/mol. The minimum atomic E-state index is -0.968. The van der Waals surface area contributed by atoms with Gasteiger partial charge in [-0.1, -0.05) is 31.5 Å². The highest BCUT2D eigenvalue weighted by Gasteiger charge is 2.27. The van der Waals surface area contributed by atoms with E-state index in [0.717, 1.165) is 23.9 Å². The first kappa shape index (κ1) is 14.9. The van der Waals surface area contributed by atoms with Crippen molar-refractivity contribution in [1.29, 1.82) is 0 Å². The number of carboxylic acid groups (broad SMARTS) is 1. The van der Waals surface area contributed by atoms with Crippen LogP contribution in [0.15, 0.2) is 24.3 Å². The van der Waals surface area contributed by atoms with Crippen LogP contribution in [0.2, 0.25) is 5.02 Å². The maximum atomic E-state index is 10.5. The van der Waals surface area contributed by atoms with Crippen LogP contribution in [-0.2, 0) is 4.79 Å². The smallest absolute Gasteiger partial charge is 0.328 e. The molecule has 3 nitrogen and oxygen atoms in total. The number of hydrogen-bond donors (Lipinski definition) is 1. The fourth-order valence-corrected chi connectivity index (χ4v) is 3.03. The molecule has 1 atom stereocenters. The number of carboxylic acids is 1. The summed E-state index contributed by atoms with van der Waals surface area (Å²) in [4.78, 5) is 12.9. The van der Waals surface area contributed by atoms with Gasteiger partial charge in [0.05, 0.1) is 0 Å². The molecule has 1 fully saturated rings. The second-order valence-electron chi connectivity index (χ2n) is 5.52. The molecule has 1 heterocycles. The fraction of sp³-hybridized carbons (Fsp3) is 0.438. The summed E-state index contributed by atoms with van der Waals surface area (Å²) in [6.07, 6.45) is 5.06. The van der Waals surface area contributed by atoms with Crippen LogP contribution in [0, 0.1) is 5.92 Å². The van der Waals surface area contributed by atoms with Crippen molar-refractivity contribution >= 4 is 29.3 Å². The lowest BCUT2D eigenvalue weighted by atomic mass is 10.0. The Hall–Kier alpha value is -1.48. The molecular formula is C16H20ClNO2. The van der Waals surface area contributed by atoms with E-state index in [2.05, 4.69) is 18.7 Å². The number of rotatable bonds is 4. The zero-order chi connectivity index (χ0) is 14.7. The number of carbonyl (C=O) groups is 1. The number of benzene rings is 1. The third-order valence-electron chi connectivity index (χ3n) is 3.79. The van der Waals surface area contributed by atoms with Crippen molar-refractivity contribution in [2.75, 3.05) is 11.4 Å². The largest absolute Gasteiger partial charge is 0.478 e. The minimum absolute atomic E-state index is 0.562. The molecule has 0 spiro atoms. The molecule has 0 amide bonds. The molecule has 20 heavy (non-hydrogen) atoms. The third kappa shape index (κ3) is 3.34. The molecule has 0 aromatic heterocycles. The first-order valence-corrected chi connectivity index (χ1v) is 7.34. The summed E-state index contributed by atoms with van der Waals surface area (Å²) >= 11 is 6.25. The van der Waals surface area contributed by atoms with Gasteiger partial charge in [0.2, 0.25) is 0 Å². The van der Waals surface area contributed by atoms with E-state index in [1.54, 1.807) is 0 Å². The lowest BCUT2D eigenvalue weighted by Crippen LogP contribution is -2.33. The molecule has 4 heteroatoms. The second-order valence-corrected chi connectivity index (χ2v) is 5.93. The third-order valence-corrected chi connectivity index (χ3v) is 4.12. The summed E-state index contributed by atoms with van der Waals surface area (Å²) in [7, 11) is 0. The molecule has 1 unspecified atom stereocenters. The van der Waals surface area contributed by atoms with Crippen molar-refractivity contribution in [2.45, 2.75) is 32.7 Å². The molecule has 108 valence electrons. The van der Waals surface area contributed by atoms with Gasteiger partial charge < -0.3 is 10.0 Å². The van der Waals surface area contributed by atoms with Gasteiger partial charge in [0.1, 0.15) is 0 Å². The van der Waals surface area contributed by atoms with Gasteiger partial charge in [-0.2, -0.15) is 0 Å². The van der Waals surface area contributed by atoms with Gasteiger partial charge in [0.25, 0.3) is 0 Å². The van der Waals surface area contributed by atoms with Crippen molar-refractivity contribution in [3.63, 3.8) is 0 Å². The molecule has 0 bridgehead atoms. The molecule has 1 aliphatic heterocycles. The van der Waals surface area contributed by atoms with Crippen LogP contribution in [0.5, 0.6) is 0 Å². The monoisotopic (exact) mass is 293 g/mol. The molecule has 1 aromatic rings. The zero-order valence-corrected chi connectivity index (χ0v) is 12.6. The zero-order valence-electron chi connectivity index (χ0n) is 11.8. The summed E-state index contributed by atoms with van der Waals surface area (Å²) in [5.74, 6) is -0.354. The molecule has 0 aliphatic carbocycles. The Balaban J connectivity index is 2.22. The minimum Gasteiger partial charge on any atom is -0.478 e. The van der Waals surface area contributed by atoms with Crippen molar-refractivity contribution < 1.29 is 9.90 Å². The topological polar surface area (TPSA) is 40.5 Å². The van der Waals surface area contributed by atoms with Gasteiger partial charge in [0.15, 0.2) is 0 Å². The van der Waals surface area contributed by atoms with E-state index in [9.17, 15) is 4.79 Å². The Kier molecular flexibility index (Phi) is 4.71. The van der Waals surface area contributed by atoms with Gasteiger partial charge in [-0.05, 0) is 42.5 Å². The highest BCUT2D eigenvalue weighted by atomic mass is 35.5. The Labute approximate surface area is 124 Å².